The third-order valence-corrected chi connectivity index (χ3v) is 3.58. The van der Waals surface area contributed by atoms with E-state index in [1.54, 1.807) is 0 Å². The van der Waals surface area contributed by atoms with E-state index in [4.69, 9.17) is 0 Å². The quantitative estimate of drug-likeness (QED) is 0.741. The Balaban J connectivity index is 1.81. The van der Waals surface area contributed by atoms with Crippen LogP contribution in [0.3, 0.4) is 0 Å². The zero-order valence-corrected chi connectivity index (χ0v) is 9.79. The summed E-state index contributed by atoms with van der Waals surface area (Å²) < 4.78 is 0. The van der Waals surface area contributed by atoms with Crippen molar-refractivity contribution in [3.8, 4) is 0 Å². The van der Waals surface area contributed by atoms with E-state index < -0.39 is 0 Å². The van der Waals surface area contributed by atoms with Crippen LogP contribution in [0.4, 0.5) is 0 Å². The summed E-state index contributed by atoms with van der Waals surface area (Å²) in [6, 6.07) is 2.13. The summed E-state index contributed by atoms with van der Waals surface area (Å²) in [5.74, 6) is 1.06. The summed E-state index contributed by atoms with van der Waals surface area (Å²) in [6.07, 6.45) is 4.41. The molecule has 1 aliphatic carbocycles. The molecule has 2 fully saturated rings. The van der Waals surface area contributed by atoms with Gasteiger partial charge in [-0.15, -0.1) is 0 Å². The minimum Gasteiger partial charge on any atom is -0.309 e. The molecule has 2 aliphatic rings. The number of piperazine rings is 1. The molecule has 0 aromatic rings. The summed E-state index contributed by atoms with van der Waals surface area (Å²) in [7, 11) is 0. The van der Waals surface area contributed by atoms with Crippen molar-refractivity contribution in [2.45, 2.75) is 58.2 Å². The van der Waals surface area contributed by atoms with E-state index in [1.807, 2.05) is 0 Å². The summed E-state index contributed by atoms with van der Waals surface area (Å²) >= 11 is 0. The van der Waals surface area contributed by atoms with Gasteiger partial charge in [-0.3, -0.25) is 4.90 Å². The van der Waals surface area contributed by atoms with Gasteiger partial charge >= 0.3 is 0 Å². The predicted molar refractivity (Wildman–Crippen MR) is 60.4 cm³/mol. The first-order chi connectivity index (χ1) is 6.65. The molecule has 1 heterocycles. The second kappa shape index (κ2) is 4.19. The van der Waals surface area contributed by atoms with Gasteiger partial charge in [0, 0.05) is 31.2 Å². The van der Waals surface area contributed by atoms with Gasteiger partial charge in [0.25, 0.3) is 0 Å². The Morgan fingerprint density at radius 3 is 2.29 bits per heavy atom. The van der Waals surface area contributed by atoms with Crippen molar-refractivity contribution < 1.29 is 0 Å². The molecule has 0 spiro atoms. The molecule has 0 radical (unpaired) electrons. The highest BCUT2D eigenvalue weighted by molar-refractivity contribution is 4.86. The van der Waals surface area contributed by atoms with E-state index in [9.17, 15) is 0 Å². The molecule has 0 bridgehead atoms. The van der Waals surface area contributed by atoms with Crippen molar-refractivity contribution in [2.75, 3.05) is 13.1 Å². The third-order valence-electron chi connectivity index (χ3n) is 3.58. The van der Waals surface area contributed by atoms with E-state index in [1.165, 1.54) is 32.4 Å². The summed E-state index contributed by atoms with van der Waals surface area (Å²) in [5, 5.41) is 3.59. The van der Waals surface area contributed by atoms with Gasteiger partial charge in [-0.05, 0) is 33.1 Å². The van der Waals surface area contributed by atoms with E-state index in [-0.39, 0.29) is 0 Å². The molecule has 3 atom stereocenters. The monoisotopic (exact) mass is 196 g/mol. The first-order valence-corrected chi connectivity index (χ1v) is 6.15. The molecule has 14 heavy (non-hydrogen) atoms. The normalized spacial score (nSPS) is 37.1. The molecular weight excluding hydrogens is 172 g/mol. The summed E-state index contributed by atoms with van der Waals surface area (Å²) in [6.45, 7) is 9.47. The van der Waals surface area contributed by atoms with Crippen molar-refractivity contribution in [3.05, 3.63) is 0 Å². The van der Waals surface area contributed by atoms with Crippen LogP contribution in [0.5, 0.6) is 0 Å². The number of rotatable bonds is 3. The fraction of sp³-hybridized carbons (Fsp3) is 1.00. The summed E-state index contributed by atoms with van der Waals surface area (Å²) in [5.41, 5.74) is 0. The molecule has 1 N–H and O–H groups in total. The molecule has 2 rings (SSSR count). The van der Waals surface area contributed by atoms with Gasteiger partial charge in [-0.1, -0.05) is 12.8 Å². The predicted octanol–water partition coefficient (Wildman–Crippen LogP) is 1.86. The highest BCUT2D eigenvalue weighted by Crippen LogP contribution is 2.34. The largest absolute Gasteiger partial charge is 0.309 e. The number of nitrogens with zero attached hydrogens (tertiary/aromatic N) is 1. The fourth-order valence-electron chi connectivity index (χ4n) is 2.71. The Kier molecular flexibility index (Phi) is 3.13. The van der Waals surface area contributed by atoms with Crippen LogP contribution >= 0.6 is 0 Å². The average Bonchev–Trinajstić information content (AvgIpc) is 2.86. The van der Waals surface area contributed by atoms with Gasteiger partial charge in [0.05, 0.1) is 0 Å². The first-order valence-electron chi connectivity index (χ1n) is 6.15. The molecule has 1 aliphatic heterocycles. The van der Waals surface area contributed by atoms with Crippen molar-refractivity contribution in [1.82, 2.24) is 10.2 Å². The number of hydrogen-bond acceptors (Lipinski definition) is 2. The van der Waals surface area contributed by atoms with E-state index in [2.05, 4.69) is 31.0 Å². The molecule has 1 saturated carbocycles. The Hall–Kier alpha value is -0.0800. The molecule has 82 valence electrons. The lowest BCUT2D eigenvalue weighted by molar-refractivity contribution is 0.123. The van der Waals surface area contributed by atoms with Gasteiger partial charge in [-0.25, -0.2) is 0 Å². The molecule has 2 heteroatoms. The zero-order chi connectivity index (χ0) is 10.1. The van der Waals surface area contributed by atoms with Gasteiger partial charge in [-0.2, -0.15) is 0 Å². The average molecular weight is 196 g/mol. The number of hydrogen-bond donors (Lipinski definition) is 1. The van der Waals surface area contributed by atoms with E-state index in [0.717, 1.165) is 12.0 Å². The minimum absolute atomic E-state index is 0.667. The SMILES string of the molecule is CC1CN(C(C)CC2CC2)CC(C)N1. The fourth-order valence-corrected chi connectivity index (χ4v) is 2.71. The lowest BCUT2D eigenvalue weighted by atomic mass is 10.1. The van der Waals surface area contributed by atoms with Crippen LogP contribution in [-0.4, -0.2) is 36.1 Å². The Morgan fingerprint density at radius 2 is 1.79 bits per heavy atom. The highest BCUT2D eigenvalue weighted by Gasteiger charge is 2.29. The van der Waals surface area contributed by atoms with Crippen LogP contribution in [-0.2, 0) is 0 Å². The molecule has 3 unspecified atom stereocenters. The van der Waals surface area contributed by atoms with E-state index >= 15 is 0 Å². The summed E-state index contributed by atoms with van der Waals surface area (Å²) in [4.78, 5) is 2.67. The van der Waals surface area contributed by atoms with Crippen LogP contribution < -0.4 is 5.32 Å². The molecule has 0 amide bonds. The highest BCUT2D eigenvalue weighted by atomic mass is 15.2. The van der Waals surface area contributed by atoms with Gasteiger partial charge in [0.1, 0.15) is 0 Å². The second-order valence-corrected chi connectivity index (χ2v) is 5.45. The van der Waals surface area contributed by atoms with E-state index in [0.29, 0.717) is 12.1 Å². The Morgan fingerprint density at radius 1 is 1.21 bits per heavy atom. The topological polar surface area (TPSA) is 15.3 Å². The number of nitrogens with one attached hydrogen (secondary N) is 1. The second-order valence-electron chi connectivity index (χ2n) is 5.45. The van der Waals surface area contributed by atoms with Crippen molar-refractivity contribution in [3.63, 3.8) is 0 Å². The standard InChI is InChI=1S/C12H24N2/c1-9-7-14(8-10(2)13-9)11(3)6-12-4-5-12/h9-13H,4-8H2,1-3H3. The zero-order valence-electron chi connectivity index (χ0n) is 9.79. The third kappa shape index (κ3) is 2.71. The van der Waals surface area contributed by atoms with Crippen LogP contribution in [0.2, 0.25) is 0 Å². The van der Waals surface area contributed by atoms with Crippen molar-refractivity contribution in [2.24, 2.45) is 5.92 Å². The minimum atomic E-state index is 0.667. The van der Waals surface area contributed by atoms with Crippen molar-refractivity contribution in [1.29, 1.82) is 0 Å². The van der Waals surface area contributed by atoms with Gasteiger partial charge in [0.2, 0.25) is 0 Å². The maximum atomic E-state index is 3.59. The van der Waals surface area contributed by atoms with Crippen LogP contribution in [0.15, 0.2) is 0 Å². The first kappa shape index (κ1) is 10.4. The Bertz CT molecular complexity index is 179. The van der Waals surface area contributed by atoms with Crippen LogP contribution in [0.25, 0.3) is 0 Å². The molecule has 1 saturated heterocycles. The van der Waals surface area contributed by atoms with Gasteiger partial charge < -0.3 is 5.32 Å². The van der Waals surface area contributed by atoms with Crippen LogP contribution in [0.1, 0.15) is 40.0 Å². The maximum Gasteiger partial charge on any atom is 0.0169 e. The lowest BCUT2D eigenvalue weighted by Crippen LogP contribution is -2.56. The lowest BCUT2D eigenvalue weighted by Gasteiger charge is -2.39. The molecular formula is C12H24N2. The smallest absolute Gasteiger partial charge is 0.0169 e. The molecule has 0 aromatic heterocycles. The molecule has 2 nitrogen and oxygen atoms in total. The molecule has 0 aromatic carbocycles. The van der Waals surface area contributed by atoms with Crippen molar-refractivity contribution >= 4 is 0 Å². The van der Waals surface area contributed by atoms with Gasteiger partial charge in [0.15, 0.2) is 0 Å². The Labute approximate surface area is 88.1 Å². The maximum absolute atomic E-state index is 3.59. The van der Waals surface area contributed by atoms with Crippen LogP contribution in [0, 0.1) is 5.92 Å².